The van der Waals surface area contributed by atoms with Crippen molar-refractivity contribution in [2.75, 3.05) is 18.9 Å². The second-order valence-corrected chi connectivity index (χ2v) is 5.31. The zero-order chi connectivity index (χ0) is 14.7. The number of nitrogens with one attached hydrogen (secondary N) is 3. The molecular formula is C14H18ClN3O2. The van der Waals surface area contributed by atoms with Crippen LogP contribution in [0.5, 0.6) is 0 Å². The van der Waals surface area contributed by atoms with E-state index in [0.29, 0.717) is 16.3 Å². The highest BCUT2D eigenvalue weighted by Gasteiger charge is 2.29. The summed E-state index contributed by atoms with van der Waals surface area (Å²) in [6.07, 6.45) is 0.805. The fourth-order valence-electron chi connectivity index (χ4n) is 2.35. The number of amides is 2. The molecule has 20 heavy (non-hydrogen) atoms. The minimum Gasteiger partial charge on any atom is -0.355 e. The van der Waals surface area contributed by atoms with Gasteiger partial charge in [0.25, 0.3) is 5.91 Å². The van der Waals surface area contributed by atoms with Crippen molar-refractivity contribution in [3.8, 4) is 0 Å². The van der Waals surface area contributed by atoms with Crippen LogP contribution in [0.2, 0.25) is 5.02 Å². The third kappa shape index (κ3) is 3.11. The van der Waals surface area contributed by atoms with E-state index in [1.54, 1.807) is 25.2 Å². The first-order chi connectivity index (χ1) is 9.52. The second kappa shape index (κ2) is 6.24. The largest absolute Gasteiger partial charge is 0.355 e. The zero-order valence-corrected chi connectivity index (χ0v) is 12.3. The highest BCUT2D eigenvalue weighted by Crippen LogP contribution is 2.25. The fraction of sp³-hybridized carbons (Fsp3) is 0.429. The maximum Gasteiger partial charge on any atom is 0.251 e. The van der Waals surface area contributed by atoms with Crippen molar-refractivity contribution in [3.63, 3.8) is 0 Å². The van der Waals surface area contributed by atoms with Crippen molar-refractivity contribution in [1.82, 2.24) is 10.6 Å². The molecule has 1 aliphatic rings. The number of carbonyl (C=O) groups is 2. The van der Waals surface area contributed by atoms with Crippen LogP contribution in [0.1, 0.15) is 23.7 Å². The molecule has 1 aromatic carbocycles. The van der Waals surface area contributed by atoms with Crippen LogP contribution >= 0.6 is 11.6 Å². The van der Waals surface area contributed by atoms with Gasteiger partial charge in [0.2, 0.25) is 5.91 Å². The number of rotatable bonds is 3. The smallest absolute Gasteiger partial charge is 0.251 e. The molecule has 0 spiro atoms. The molecule has 0 aromatic heterocycles. The summed E-state index contributed by atoms with van der Waals surface area (Å²) in [4.78, 5) is 23.8. The van der Waals surface area contributed by atoms with E-state index >= 15 is 0 Å². The Hall–Kier alpha value is -1.59. The molecule has 0 saturated carbocycles. The Morgan fingerprint density at radius 2 is 2.15 bits per heavy atom. The molecule has 0 radical (unpaired) electrons. The Morgan fingerprint density at radius 1 is 1.40 bits per heavy atom. The monoisotopic (exact) mass is 295 g/mol. The van der Waals surface area contributed by atoms with E-state index in [1.165, 1.54) is 0 Å². The molecule has 1 fully saturated rings. The zero-order valence-electron chi connectivity index (χ0n) is 11.5. The van der Waals surface area contributed by atoms with E-state index in [4.69, 9.17) is 11.6 Å². The molecule has 2 amide bonds. The first-order valence-electron chi connectivity index (χ1n) is 6.59. The van der Waals surface area contributed by atoms with Crippen molar-refractivity contribution in [3.05, 3.63) is 28.8 Å². The van der Waals surface area contributed by atoms with Gasteiger partial charge in [0.15, 0.2) is 0 Å². The quantitative estimate of drug-likeness (QED) is 0.794. The van der Waals surface area contributed by atoms with E-state index in [1.807, 2.05) is 6.92 Å². The van der Waals surface area contributed by atoms with Gasteiger partial charge in [-0.05, 0) is 38.1 Å². The average molecular weight is 296 g/mol. The first kappa shape index (κ1) is 14.8. The van der Waals surface area contributed by atoms with E-state index in [2.05, 4.69) is 16.0 Å². The van der Waals surface area contributed by atoms with Gasteiger partial charge in [-0.15, -0.1) is 0 Å². The minimum absolute atomic E-state index is 0.0709. The molecule has 3 N–H and O–H groups in total. The molecular weight excluding hydrogens is 278 g/mol. The topological polar surface area (TPSA) is 70.2 Å². The summed E-state index contributed by atoms with van der Waals surface area (Å²) in [6.45, 7) is 2.82. The maximum absolute atomic E-state index is 12.2. The predicted octanol–water partition coefficient (Wildman–Crippen LogP) is 1.64. The normalized spacial score (nSPS) is 21.6. The van der Waals surface area contributed by atoms with Crippen LogP contribution < -0.4 is 16.0 Å². The predicted molar refractivity (Wildman–Crippen MR) is 79.0 cm³/mol. The van der Waals surface area contributed by atoms with Gasteiger partial charge in [-0.2, -0.15) is 0 Å². The third-order valence-electron chi connectivity index (χ3n) is 3.58. The molecule has 1 aliphatic heterocycles. The summed E-state index contributed by atoms with van der Waals surface area (Å²) in [7, 11) is 1.56. The van der Waals surface area contributed by atoms with Crippen LogP contribution in [0, 0.1) is 5.92 Å². The van der Waals surface area contributed by atoms with Gasteiger partial charge >= 0.3 is 0 Å². The second-order valence-electron chi connectivity index (χ2n) is 4.90. The van der Waals surface area contributed by atoms with E-state index in [0.717, 1.165) is 13.0 Å². The molecule has 0 aliphatic carbocycles. The molecule has 108 valence electrons. The fourth-order valence-corrected chi connectivity index (χ4v) is 2.51. The summed E-state index contributed by atoms with van der Waals surface area (Å²) in [6, 6.07) is 4.97. The lowest BCUT2D eigenvalue weighted by molar-refractivity contribution is -0.120. The molecule has 1 saturated heterocycles. The van der Waals surface area contributed by atoms with Crippen molar-refractivity contribution in [2.24, 2.45) is 5.92 Å². The van der Waals surface area contributed by atoms with Crippen LogP contribution in [0.3, 0.4) is 0 Å². The van der Waals surface area contributed by atoms with Crippen molar-refractivity contribution in [1.29, 1.82) is 0 Å². The molecule has 5 nitrogen and oxygen atoms in total. The molecule has 2 atom stereocenters. The number of hydrogen-bond acceptors (Lipinski definition) is 3. The number of anilines is 1. The van der Waals surface area contributed by atoms with E-state index in [-0.39, 0.29) is 23.8 Å². The van der Waals surface area contributed by atoms with Crippen LogP contribution in [0.15, 0.2) is 18.2 Å². The Balaban J connectivity index is 2.16. The lowest BCUT2D eigenvalue weighted by Crippen LogP contribution is -2.32. The van der Waals surface area contributed by atoms with E-state index in [9.17, 15) is 9.59 Å². The van der Waals surface area contributed by atoms with Crippen molar-refractivity contribution < 1.29 is 9.59 Å². The number of carbonyl (C=O) groups excluding carboxylic acids is 2. The summed E-state index contributed by atoms with van der Waals surface area (Å²) in [5.41, 5.74) is 0.932. The molecule has 2 unspecified atom stereocenters. The summed E-state index contributed by atoms with van der Waals surface area (Å²) in [5, 5.41) is 9.00. The Morgan fingerprint density at radius 3 is 2.75 bits per heavy atom. The number of benzene rings is 1. The van der Waals surface area contributed by atoms with Crippen LogP contribution in [0.25, 0.3) is 0 Å². The summed E-state index contributed by atoms with van der Waals surface area (Å²) >= 11 is 6.07. The van der Waals surface area contributed by atoms with Crippen molar-refractivity contribution in [2.45, 2.75) is 19.4 Å². The number of hydrogen-bond donors (Lipinski definition) is 3. The molecule has 6 heteroatoms. The Labute approximate surface area is 123 Å². The third-order valence-corrected chi connectivity index (χ3v) is 3.91. The van der Waals surface area contributed by atoms with Crippen LogP contribution in [-0.2, 0) is 4.79 Å². The summed E-state index contributed by atoms with van der Waals surface area (Å²) < 4.78 is 0. The van der Waals surface area contributed by atoms with Gasteiger partial charge in [0, 0.05) is 18.7 Å². The molecule has 1 aromatic rings. The molecule has 0 bridgehead atoms. The number of halogens is 1. The maximum atomic E-state index is 12.2. The summed E-state index contributed by atoms with van der Waals surface area (Å²) in [5.74, 6) is -0.360. The SMILES string of the molecule is CNC(=O)c1ccc(Cl)c(NC(=O)C2CCNC2C)c1. The highest BCUT2D eigenvalue weighted by molar-refractivity contribution is 6.33. The first-order valence-corrected chi connectivity index (χ1v) is 6.96. The average Bonchev–Trinajstić information content (AvgIpc) is 2.86. The minimum atomic E-state index is -0.215. The van der Waals surface area contributed by atoms with Crippen LogP contribution in [0.4, 0.5) is 5.69 Å². The van der Waals surface area contributed by atoms with Gasteiger partial charge < -0.3 is 16.0 Å². The van der Waals surface area contributed by atoms with Gasteiger partial charge in [-0.25, -0.2) is 0 Å². The van der Waals surface area contributed by atoms with Crippen LogP contribution in [-0.4, -0.2) is 31.4 Å². The lowest BCUT2D eigenvalue weighted by atomic mass is 10.0. The van der Waals surface area contributed by atoms with Gasteiger partial charge in [-0.1, -0.05) is 11.6 Å². The molecule has 1 heterocycles. The standard InChI is InChI=1S/C14H18ClN3O2/c1-8-10(5-6-17-8)14(20)18-12-7-9(13(19)16-2)3-4-11(12)15/h3-4,7-8,10,17H,5-6H2,1-2H3,(H,16,19)(H,18,20). The lowest BCUT2D eigenvalue weighted by Gasteiger charge is -2.16. The molecule has 2 rings (SSSR count). The highest BCUT2D eigenvalue weighted by atomic mass is 35.5. The van der Waals surface area contributed by atoms with E-state index < -0.39 is 0 Å². The van der Waals surface area contributed by atoms with Gasteiger partial charge in [0.05, 0.1) is 16.6 Å². The Bertz CT molecular complexity index is 533. The van der Waals surface area contributed by atoms with Gasteiger partial charge in [-0.3, -0.25) is 9.59 Å². The van der Waals surface area contributed by atoms with Crippen molar-refractivity contribution >= 4 is 29.1 Å². The Kier molecular flexibility index (Phi) is 4.62. The van der Waals surface area contributed by atoms with Gasteiger partial charge in [0.1, 0.15) is 0 Å².